The van der Waals surface area contributed by atoms with Gasteiger partial charge in [-0.1, -0.05) is 6.42 Å². The minimum atomic E-state index is -3.06. The van der Waals surface area contributed by atoms with Gasteiger partial charge in [-0.05, 0) is 25.7 Å². The van der Waals surface area contributed by atoms with Crippen molar-refractivity contribution in [2.45, 2.75) is 48.9 Å². The van der Waals surface area contributed by atoms with Crippen LogP contribution in [0.4, 0.5) is 0 Å². The number of hydrogen-bond acceptors (Lipinski definition) is 4. The second-order valence-corrected chi connectivity index (χ2v) is 7.17. The van der Waals surface area contributed by atoms with Crippen molar-refractivity contribution in [3.05, 3.63) is 0 Å². The zero-order valence-electron chi connectivity index (χ0n) is 9.07. The van der Waals surface area contributed by atoms with Gasteiger partial charge in [0.1, 0.15) is 0 Å². The molecule has 0 aromatic rings. The van der Waals surface area contributed by atoms with Gasteiger partial charge in [0.2, 0.25) is 0 Å². The highest BCUT2D eigenvalue weighted by Gasteiger charge is 2.49. The topological polar surface area (TPSA) is 66.4 Å². The highest BCUT2D eigenvalue weighted by atomic mass is 32.2. The summed E-state index contributed by atoms with van der Waals surface area (Å²) in [6, 6.07) is 0.430. The van der Waals surface area contributed by atoms with E-state index < -0.39 is 20.6 Å². The number of sulfone groups is 1. The van der Waals surface area contributed by atoms with Gasteiger partial charge in [-0.2, -0.15) is 0 Å². The molecule has 2 rings (SSSR count). The van der Waals surface area contributed by atoms with Crippen molar-refractivity contribution in [2.75, 3.05) is 12.9 Å². The lowest BCUT2D eigenvalue weighted by molar-refractivity contribution is 0.164. The molecule has 0 aromatic heterocycles. The summed E-state index contributed by atoms with van der Waals surface area (Å²) in [5, 5.41) is 12.4. The summed E-state index contributed by atoms with van der Waals surface area (Å²) in [5.74, 6) is 0. The van der Waals surface area contributed by atoms with E-state index in [4.69, 9.17) is 0 Å². The summed E-state index contributed by atoms with van der Waals surface area (Å²) in [6.07, 6.45) is 5.84. The van der Waals surface area contributed by atoms with Crippen LogP contribution in [0.3, 0.4) is 0 Å². The lowest BCUT2D eigenvalue weighted by Gasteiger charge is -2.34. The lowest BCUT2D eigenvalue weighted by Crippen LogP contribution is -2.57. The molecule has 5 heteroatoms. The average Bonchev–Trinajstić information content (AvgIpc) is 2.81. The van der Waals surface area contributed by atoms with Crippen LogP contribution in [0.5, 0.6) is 0 Å². The van der Waals surface area contributed by atoms with Crippen LogP contribution >= 0.6 is 0 Å². The van der Waals surface area contributed by atoms with Crippen molar-refractivity contribution < 1.29 is 13.5 Å². The molecule has 0 amide bonds. The van der Waals surface area contributed by atoms with Gasteiger partial charge in [-0.15, -0.1) is 0 Å². The molecular formula is C10H19NO3S. The van der Waals surface area contributed by atoms with Crippen molar-refractivity contribution in [1.29, 1.82) is 0 Å². The van der Waals surface area contributed by atoms with Gasteiger partial charge in [0, 0.05) is 12.3 Å². The molecule has 2 unspecified atom stereocenters. The van der Waals surface area contributed by atoms with E-state index in [0.29, 0.717) is 12.5 Å². The number of aliphatic hydroxyl groups excluding tert-OH is 1. The first kappa shape index (κ1) is 11.4. The van der Waals surface area contributed by atoms with Gasteiger partial charge >= 0.3 is 0 Å². The van der Waals surface area contributed by atoms with E-state index in [1.807, 2.05) is 0 Å². The molecule has 0 radical (unpaired) electrons. The maximum absolute atomic E-state index is 11.7. The largest absolute Gasteiger partial charge is 0.394 e. The van der Waals surface area contributed by atoms with E-state index in [2.05, 4.69) is 5.32 Å². The Morgan fingerprint density at radius 2 is 2.07 bits per heavy atom. The molecule has 2 N–H and O–H groups in total. The number of hydrogen-bond donors (Lipinski definition) is 2. The van der Waals surface area contributed by atoms with E-state index in [9.17, 15) is 13.5 Å². The Morgan fingerprint density at radius 1 is 1.40 bits per heavy atom. The Bertz CT molecular complexity index is 337. The van der Waals surface area contributed by atoms with Crippen molar-refractivity contribution in [2.24, 2.45) is 0 Å². The fourth-order valence-corrected chi connectivity index (χ4v) is 4.36. The summed E-state index contributed by atoms with van der Waals surface area (Å²) < 4.78 is 23.3. The molecule has 4 nitrogen and oxygen atoms in total. The van der Waals surface area contributed by atoms with Crippen molar-refractivity contribution in [1.82, 2.24) is 5.32 Å². The van der Waals surface area contributed by atoms with Gasteiger partial charge in [0.05, 0.1) is 17.4 Å². The summed E-state index contributed by atoms with van der Waals surface area (Å²) in [6.45, 7) is -0.0682. The van der Waals surface area contributed by atoms with Gasteiger partial charge in [-0.3, -0.25) is 0 Å². The monoisotopic (exact) mass is 233 g/mol. The molecule has 2 aliphatic rings. The predicted molar refractivity (Wildman–Crippen MR) is 58.5 cm³/mol. The summed E-state index contributed by atoms with van der Waals surface area (Å²) >= 11 is 0. The van der Waals surface area contributed by atoms with E-state index in [-0.39, 0.29) is 6.61 Å². The normalized spacial score (nSPS) is 37.1. The first-order valence-corrected chi connectivity index (χ1v) is 7.51. The standard InChI is InChI=1S/C10H19NO3S/c1-15(13,14)9-3-2-6-10(9,7-12)11-8-4-5-8/h8-9,11-12H,2-7H2,1H3. The van der Waals surface area contributed by atoms with Gasteiger partial charge in [0.15, 0.2) is 9.84 Å². The zero-order chi connectivity index (χ0) is 11.1. The number of nitrogens with one attached hydrogen (secondary N) is 1. The molecule has 0 aromatic carbocycles. The molecule has 0 saturated heterocycles. The lowest BCUT2D eigenvalue weighted by atomic mass is 9.98. The van der Waals surface area contributed by atoms with Crippen LogP contribution in [0.1, 0.15) is 32.1 Å². The van der Waals surface area contributed by atoms with Crippen LogP contribution in [0.2, 0.25) is 0 Å². The SMILES string of the molecule is CS(=O)(=O)C1CCCC1(CO)NC1CC1. The van der Waals surface area contributed by atoms with E-state index in [0.717, 1.165) is 25.7 Å². The van der Waals surface area contributed by atoms with Gasteiger partial charge in [0.25, 0.3) is 0 Å². The molecule has 2 saturated carbocycles. The molecule has 2 atom stereocenters. The van der Waals surface area contributed by atoms with Crippen molar-refractivity contribution in [3.63, 3.8) is 0 Å². The molecule has 2 aliphatic carbocycles. The fourth-order valence-electron chi connectivity index (χ4n) is 2.69. The zero-order valence-corrected chi connectivity index (χ0v) is 9.89. The predicted octanol–water partition coefficient (Wildman–Crippen LogP) is 0.0666. The van der Waals surface area contributed by atoms with Crippen LogP contribution in [0.25, 0.3) is 0 Å². The summed E-state index contributed by atoms with van der Waals surface area (Å²) in [7, 11) is -3.06. The third kappa shape index (κ3) is 2.19. The van der Waals surface area contributed by atoms with Crippen LogP contribution in [0, 0.1) is 0 Å². The molecular weight excluding hydrogens is 214 g/mol. The maximum atomic E-state index is 11.7. The van der Waals surface area contributed by atoms with Crippen molar-refractivity contribution in [3.8, 4) is 0 Å². The number of aliphatic hydroxyl groups is 1. The smallest absolute Gasteiger partial charge is 0.152 e. The molecule has 88 valence electrons. The Balaban J connectivity index is 2.21. The molecule has 0 heterocycles. The van der Waals surface area contributed by atoms with Crippen LogP contribution in [0.15, 0.2) is 0 Å². The van der Waals surface area contributed by atoms with E-state index in [1.54, 1.807) is 0 Å². The Kier molecular flexibility index (Phi) is 2.81. The first-order chi connectivity index (χ1) is 6.98. The molecule has 15 heavy (non-hydrogen) atoms. The van der Waals surface area contributed by atoms with E-state index in [1.165, 1.54) is 6.26 Å². The van der Waals surface area contributed by atoms with Gasteiger partial charge in [-0.25, -0.2) is 8.42 Å². The minimum Gasteiger partial charge on any atom is -0.394 e. The highest BCUT2D eigenvalue weighted by molar-refractivity contribution is 7.91. The van der Waals surface area contributed by atoms with Gasteiger partial charge < -0.3 is 10.4 Å². The van der Waals surface area contributed by atoms with Crippen LogP contribution < -0.4 is 5.32 Å². The van der Waals surface area contributed by atoms with Crippen LogP contribution in [-0.4, -0.2) is 43.2 Å². The molecule has 0 spiro atoms. The second kappa shape index (κ2) is 3.71. The Labute approximate surface area is 91.0 Å². The summed E-state index contributed by atoms with van der Waals surface area (Å²) in [4.78, 5) is 0. The fraction of sp³-hybridized carbons (Fsp3) is 1.00. The average molecular weight is 233 g/mol. The first-order valence-electron chi connectivity index (χ1n) is 5.55. The molecule has 2 fully saturated rings. The van der Waals surface area contributed by atoms with Crippen LogP contribution in [-0.2, 0) is 9.84 Å². The Morgan fingerprint density at radius 3 is 2.53 bits per heavy atom. The highest BCUT2D eigenvalue weighted by Crippen LogP contribution is 2.37. The van der Waals surface area contributed by atoms with E-state index >= 15 is 0 Å². The number of rotatable bonds is 4. The van der Waals surface area contributed by atoms with Crippen molar-refractivity contribution >= 4 is 9.84 Å². The second-order valence-electron chi connectivity index (χ2n) is 4.94. The third-order valence-electron chi connectivity index (χ3n) is 3.57. The summed E-state index contributed by atoms with van der Waals surface area (Å²) in [5.41, 5.74) is -0.561. The molecule has 0 bridgehead atoms. The maximum Gasteiger partial charge on any atom is 0.152 e. The minimum absolute atomic E-state index is 0.0682. The Hall–Kier alpha value is -0.130. The third-order valence-corrected chi connectivity index (χ3v) is 5.29. The quantitative estimate of drug-likeness (QED) is 0.721. The molecule has 0 aliphatic heterocycles.